The van der Waals surface area contributed by atoms with Crippen LogP contribution in [0.3, 0.4) is 0 Å². The molecule has 0 aromatic carbocycles. The molecule has 1 aliphatic rings. The van der Waals surface area contributed by atoms with Crippen LogP contribution in [0.15, 0.2) is 0 Å². The zero-order valence-corrected chi connectivity index (χ0v) is 9.89. The van der Waals surface area contributed by atoms with Gasteiger partial charge in [-0.3, -0.25) is 0 Å². The molecule has 0 amide bonds. The maximum atomic E-state index is 11.9. The van der Waals surface area contributed by atoms with Crippen LogP contribution in [0.2, 0.25) is 0 Å². The highest BCUT2D eigenvalue weighted by atomic mass is 19.4. The van der Waals surface area contributed by atoms with Crippen LogP contribution in [-0.4, -0.2) is 37.8 Å². The van der Waals surface area contributed by atoms with E-state index in [1.807, 2.05) is 0 Å². The molecule has 0 radical (unpaired) electrons. The third kappa shape index (κ3) is 4.16. The van der Waals surface area contributed by atoms with Crippen LogP contribution in [0.25, 0.3) is 0 Å². The zero-order chi connectivity index (χ0) is 13.3. The first-order valence-electron chi connectivity index (χ1n) is 5.06. The molecule has 0 aromatic heterocycles. The predicted octanol–water partition coefficient (Wildman–Crippen LogP) is 1.88. The summed E-state index contributed by atoms with van der Waals surface area (Å²) in [5, 5.41) is 0. The summed E-state index contributed by atoms with van der Waals surface area (Å²) in [4.78, 5) is 10.5. The Morgan fingerprint density at radius 2 is 1.71 bits per heavy atom. The molecule has 0 saturated carbocycles. The molecule has 1 fully saturated rings. The Morgan fingerprint density at radius 3 is 2.12 bits per heavy atom. The maximum absolute atomic E-state index is 11.9. The van der Waals surface area contributed by atoms with Crippen LogP contribution in [0.1, 0.15) is 20.8 Å². The smallest absolute Gasteiger partial charge is 0.458 e. The lowest BCUT2D eigenvalue weighted by Gasteiger charge is -2.40. The summed E-state index contributed by atoms with van der Waals surface area (Å²) in [5.41, 5.74) is -0.754. The van der Waals surface area contributed by atoms with Gasteiger partial charge in [-0.2, -0.15) is 13.2 Å². The van der Waals surface area contributed by atoms with E-state index in [0.29, 0.717) is 0 Å². The standard InChI is InChI=1S/C10H15F3O4/c1-8(2)16-5-9(3,6-17-8)4-15-7(14)10(11,12)13/h4-6H2,1-3H3. The largest absolute Gasteiger partial charge is 0.490 e. The molecule has 0 N–H and O–H groups in total. The fraction of sp³-hybridized carbons (Fsp3) is 0.900. The first kappa shape index (κ1) is 14.2. The SMILES string of the molecule is CC1(COC(=O)C(F)(F)F)COC(C)(C)OC1. The molecule has 100 valence electrons. The van der Waals surface area contributed by atoms with E-state index in [4.69, 9.17) is 9.47 Å². The van der Waals surface area contributed by atoms with Gasteiger partial charge in [-0.1, -0.05) is 6.92 Å². The van der Waals surface area contributed by atoms with Crippen molar-refractivity contribution in [3.63, 3.8) is 0 Å². The van der Waals surface area contributed by atoms with Gasteiger partial charge in [0.2, 0.25) is 0 Å². The Kier molecular flexibility index (Phi) is 3.73. The van der Waals surface area contributed by atoms with E-state index in [0.717, 1.165) is 0 Å². The van der Waals surface area contributed by atoms with Crippen molar-refractivity contribution >= 4 is 5.97 Å². The summed E-state index contributed by atoms with van der Waals surface area (Å²) in [6.07, 6.45) is -4.97. The highest BCUT2D eigenvalue weighted by molar-refractivity contribution is 5.75. The van der Waals surface area contributed by atoms with Crippen LogP contribution in [0, 0.1) is 5.41 Å². The first-order chi connectivity index (χ1) is 7.54. The van der Waals surface area contributed by atoms with Crippen molar-refractivity contribution in [2.24, 2.45) is 5.41 Å². The Hall–Kier alpha value is -0.820. The number of hydrogen-bond acceptors (Lipinski definition) is 4. The third-order valence-electron chi connectivity index (χ3n) is 2.32. The van der Waals surface area contributed by atoms with Crippen LogP contribution in [-0.2, 0) is 19.0 Å². The van der Waals surface area contributed by atoms with Gasteiger partial charge >= 0.3 is 12.1 Å². The second-order valence-electron chi connectivity index (χ2n) is 4.86. The Bertz CT molecular complexity index is 288. The van der Waals surface area contributed by atoms with Crippen LogP contribution in [0.4, 0.5) is 13.2 Å². The molecule has 1 saturated heterocycles. The highest BCUT2D eigenvalue weighted by Gasteiger charge is 2.43. The normalized spacial score (nSPS) is 23.2. The van der Waals surface area contributed by atoms with E-state index in [2.05, 4.69) is 4.74 Å². The van der Waals surface area contributed by atoms with Crippen molar-refractivity contribution < 1.29 is 32.2 Å². The third-order valence-corrected chi connectivity index (χ3v) is 2.32. The van der Waals surface area contributed by atoms with Gasteiger partial charge < -0.3 is 14.2 Å². The quantitative estimate of drug-likeness (QED) is 0.708. The number of carbonyl (C=O) groups is 1. The molecule has 17 heavy (non-hydrogen) atoms. The predicted molar refractivity (Wildman–Crippen MR) is 51.1 cm³/mol. The summed E-state index contributed by atoms with van der Waals surface area (Å²) < 4.78 is 50.5. The van der Waals surface area contributed by atoms with Gasteiger partial charge in [0.15, 0.2) is 5.79 Å². The van der Waals surface area contributed by atoms with Crippen LogP contribution in [0.5, 0.6) is 0 Å². The number of rotatable bonds is 2. The second-order valence-corrected chi connectivity index (χ2v) is 4.86. The zero-order valence-electron chi connectivity index (χ0n) is 9.89. The fourth-order valence-electron chi connectivity index (χ4n) is 1.18. The van der Waals surface area contributed by atoms with Crippen molar-refractivity contribution in [3.05, 3.63) is 0 Å². The molecule has 0 bridgehead atoms. The number of alkyl halides is 3. The first-order valence-corrected chi connectivity index (χ1v) is 5.06. The monoisotopic (exact) mass is 256 g/mol. The minimum absolute atomic E-state index is 0.172. The van der Waals surface area contributed by atoms with E-state index in [1.54, 1.807) is 20.8 Å². The molecule has 0 atom stereocenters. The lowest BCUT2D eigenvalue weighted by atomic mass is 9.93. The number of ether oxygens (including phenoxy) is 3. The number of carbonyl (C=O) groups excluding carboxylic acids is 1. The van der Waals surface area contributed by atoms with Crippen molar-refractivity contribution in [3.8, 4) is 0 Å². The van der Waals surface area contributed by atoms with Gasteiger partial charge in [-0.25, -0.2) is 4.79 Å². The summed E-state index contributed by atoms with van der Waals surface area (Å²) in [7, 11) is 0. The van der Waals surface area contributed by atoms with Crippen molar-refractivity contribution in [1.82, 2.24) is 0 Å². The molecular formula is C10H15F3O4. The number of halogens is 3. The number of esters is 1. The van der Waals surface area contributed by atoms with Gasteiger partial charge in [0.05, 0.1) is 13.2 Å². The Morgan fingerprint density at radius 1 is 1.24 bits per heavy atom. The molecule has 0 aliphatic carbocycles. The van der Waals surface area contributed by atoms with Gasteiger partial charge in [-0.15, -0.1) is 0 Å². The maximum Gasteiger partial charge on any atom is 0.490 e. The van der Waals surface area contributed by atoms with Crippen LogP contribution < -0.4 is 0 Å². The Labute approximate surface area is 97.0 Å². The van der Waals surface area contributed by atoms with Gasteiger partial charge in [0.1, 0.15) is 6.61 Å². The average Bonchev–Trinajstić information content (AvgIpc) is 2.19. The molecule has 7 heteroatoms. The van der Waals surface area contributed by atoms with E-state index < -0.39 is 23.3 Å². The minimum Gasteiger partial charge on any atom is -0.458 e. The van der Waals surface area contributed by atoms with Gasteiger partial charge in [-0.05, 0) is 13.8 Å². The molecule has 1 rings (SSSR count). The van der Waals surface area contributed by atoms with E-state index >= 15 is 0 Å². The molecule has 1 aliphatic heterocycles. The molecule has 0 unspecified atom stereocenters. The van der Waals surface area contributed by atoms with Crippen molar-refractivity contribution in [2.75, 3.05) is 19.8 Å². The van der Waals surface area contributed by atoms with Crippen LogP contribution >= 0.6 is 0 Å². The summed E-state index contributed by atoms with van der Waals surface area (Å²) >= 11 is 0. The summed E-state index contributed by atoms with van der Waals surface area (Å²) in [5.74, 6) is -2.95. The fourth-order valence-corrected chi connectivity index (χ4v) is 1.18. The minimum atomic E-state index is -4.97. The lowest BCUT2D eigenvalue weighted by molar-refractivity contribution is -0.289. The summed E-state index contributed by atoms with van der Waals surface area (Å²) in [6.45, 7) is 4.99. The summed E-state index contributed by atoms with van der Waals surface area (Å²) in [6, 6.07) is 0. The highest BCUT2D eigenvalue weighted by Crippen LogP contribution is 2.30. The van der Waals surface area contributed by atoms with E-state index in [1.165, 1.54) is 0 Å². The Balaban J connectivity index is 2.45. The second kappa shape index (κ2) is 4.45. The molecule has 0 aromatic rings. The molecule has 4 nitrogen and oxygen atoms in total. The average molecular weight is 256 g/mol. The molecule has 1 heterocycles. The molecular weight excluding hydrogens is 241 g/mol. The van der Waals surface area contributed by atoms with E-state index in [-0.39, 0.29) is 19.8 Å². The van der Waals surface area contributed by atoms with E-state index in [9.17, 15) is 18.0 Å². The van der Waals surface area contributed by atoms with Gasteiger partial charge in [0, 0.05) is 5.41 Å². The number of hydrogen-bond donors (Lipinski definition) is 0. The van der Waals surface area contributed by atoms with Crippen molar-refractivity contribution in [1.29, 1.82) is 0 Å². The topological polar surface area (TPSA) is 44.8 Å². The molecule has 0 spiro atoms. The van der Waals surface area contributed by atoms with Crippen molar-refractivity contribution in [2.45, 2.75) is 32.7 Å². The lowest BCUT2D eigenvalue weighted by Crippen LogP contribution is -2.48. The van der Waals surface area contributed by atoms with Gasteiger partial charge in [0.25, 0.3) is 0 Å².